The third-order valence-electron chi connectivity index (χ3n) is 13.4. The fraction of sp³-hybridized carbons (Fsp3) is 0.446. The Morgan fingerprint density at radius 3 is 1.55 bits per heavy atom. The maximum atomic E-state index is 13.5. The van der Waals surface area contributed by atoms with Gasteiger partial charge in [0.25, 0.3) is 0 Å². The Bertz CT molecular complexity index is 3430. The molecule has 0 radical (unpaired) electrons. The molecule has 6 aromatic rings. The number of amides is 2. The minimum Gasteiger partial charge on any atom is -0.497 e. The number of nitrogens with zero attached hydrogens (tertiary/aromatic N) is 5. The van der Waals surface area contributed by atoms with Crippen LogP contribution in [0.3, 0.4) is 0 Å². The third kappa shape index (κ3) is 30.1. The molecule has 8 rings (SSSR count). The first kappa shape index (κ1) is 86.4. The highest BCUT2D eigenvalue weighted by molar-refractivity contribution is 6.34. The van der Waals surface area contributed by atoms with Crippen LogP contribution in [0.15, 0.2) is 97.3 Å². The number of aromatic nitrogens is 2. The highest BCUT2D eigenvalue weighted by Crippen LogP contribution is 2.32. The number of pyridine rings is 2. The Morgan fingerprint density at radius 1 is 0.646 bits per heavy atom. The molecule has 2 aliphatic heterocycles. The number of carbonyl (C=O) groups excluding carboxylic acids is 3. The summed E-state index contributed by atoms with van der Waals surface area (Å²) in [6.07, 6.45) is -11.2. The van der Waals surface area contributed by atoms with E-state index in [-0.39, 0.29) is 38.0 Å². The second kappa shape index (κ2) is 41.6. The third-order valence-corrected chi connectivity index (χ3v) is 13.7. The number of fused-ring (bicyclic) bond motifs is 2. The number of alkyl halides is 9. The molecule has 2 saturated heterocycles. The Hall–Kier alpha value is -8.71. The monoisotopic (exact) mass is 1450 g/mol. The molecule has 0 spiro atoms. The van der Waals surface area contributed by atoms with E-state index in [1.165, 1.54) is 55.9 Å². The first-order valence-electron chi connectivity index (χ1n) is 29.7. The maximum Gasteiger partial charge on any atom is 0.514 e. The number of piperidine rings is 2. The number of benzene rings is 4. The van der Waals surface area contributed by atoms with Gasteiger partial charge in [-0.25, -0.2) is 42.3 Å². The summed E-state index contributed by atoms with van der Waals surface area (Å²) in [6, 6.07) is 25.4. The molecule has 4 heterocycles. The molecule has 99 heavy (non-hydrogen) atoms. The standard InChI is InChI=1S/C18H12F8O5.C18H19F3N2O4.C10H19NO3.C9H6ClN.C6H15N.C2HF3O2.C2H2/c1-28-9-4-2-8(3-5-9)6-29-7-10(18(24,25)26)30-17(27)31-16-14(22)12(20)11(19)13(21)15(16)23;19-18(20,21)15(11-24)27-17(25)23-9-6-13(7-10-23)26-16-14-4-2-1-3-12(14)5-8-22-16;1-10(2,3)14-9(13)11-6-4-8(12)5-7-11;10-9-8-4-2-1-3-7(8)5-6-11-9;1-4-7(5-2)6-3;3-2(4,5)1(6)7;1-2/h2-5,10H,6-7H2,1H3;1-5,8,13,15,24H,6-7,9-11H2;8,12H,4-7H2,1-3H3;1-6H;4-6H2,1-3H3;(H,6,7);1-2H/t;15-;;;;;/m.1...../s1. The van der Waals surface area contributed by atoms with Crippen molar-refractivity contribution in [3.8, 4) is 30.2 Å². The van der Waals surface area contributed by atoms with Gasteiger partial charge < -0.3 is 63.2 Å². The maximum absolute atomic E-state index is 13.5. The van der Waals surface area contributed by atoms with E-state index in [1.807, 2.05) is 81.4 Å². The smallest absolute Gasteiger partial charge is 0.497 e. The van der Waals surface area contributed by atoms with Gasteiger partial charge in [0.05, 0.1) is 33.0 Å². The van der Waals surface area contributed by atoms with Crippen molar-refractivity contribution < 1.29 is 129 Å². The van der Waals surface area contributed by atoms with Crippen molar-refractivity contribution in [2.75, 3.05) is 66.1 Å². The van der Waals surface area contributed by atoms with Gasteiger partial charge in [-0.2, -0.15) is 48.3 Å². The number of hydrogen-bond donors (Lipinski definition) is 3. The summed E-state index contributed by atoms with van der Waals surface area (Å²) in [5, 5.41) is 29.7. The molecule has 2 aliphatic rings. The van der Waals surface area contributed by atoms with Crippen LogP contribution < -0.4 is 14.2 Å². The lowest BCUT2D eigenvalue weighted by molar-refractivity contribution is -0.221. The second-order valence-corrected chi connectivity index (χ2v) is 21.8. The molecule has 1 unspecified atom stereocenters. The lowest BCUT2D eigenvalue weighted by Gasteiger charge is -2.32. The fourth-order valence-electron chi connectivity index (χ4n) is 8.13. The first-order valence-corrected chi connectivity index (χ1v) is 30.1. The molecular formula is C65H74ClF14N5O14. The van der Waals surface area contributed by atoms with Gasteiger partial charge in [-0.1, -0.05) is 87.0 Å². The SMILES string of the molecule is C#C.CC(C)(C)OC(=O)N1CCC(O)CC1.CCN(CC)CC.COc1ccc(COCC(OC(=O)Oc2c(F)c(F)c(F)c(F)c2F)C(F)(F)F)cc1.Clc1nccc2ccccc12.O=C(O)C(F)(F)F.O=C(O[C@H](CO)C(F)(F)F)N1CCC(Oc2nccc3ccccc23)CC1. The molecule has 0 aliphatic carbocycles. The number of carboxylic acid groups (broad SMARTS) is 1. The van der Waals surface area contributed by atoms with E-state index < -0.39 is 103 Å². The number of likely N-dealkylation sites (tertiary alicyclic amines) is 2. The number of carbonyl (C=O) groups is 4. The number of terminal acetylenes is 1. The van der Waals surface area contributed by atoms with Gasteiger partial charge in [-0.3, -0.25) is 0 Å². The van der Waals surface area contributed by atoms with Crippen LogP contribution in [-0.4, -0.2) is 179 Å². The van der Waals surface area contributed by atoms with Gasteiger partial charge >= 0.3 is 42.8 Å². The lowest BCUT2D eigenvalue weighted by atomic mass is 10.1. The fourth-order valence-corrected chi connectivity index (χ4v) is 8.36. The van der Waals surface area contributed by atoms with Crippen molar-refractivity contribution >= 4 is 57.5 Å². The average Bonchev–Trinajstić information content (AvgIpc) is 0.811. The Kier molecular flexibility index (Phi) is 36.3. The quantitative estimate of drug-likeness (QED) is 0.0135. The molecule has 2 amide bonds. The van der Waals surface area contributed by atoms with Crippen LogP contribution in [0, 0.1) is 41.9 Å². The second-order valence-electron chi connectivity index (χ2n) is 21.4. The number of aliphatic hydroxyl groups excluding tert-OH is 2. The molecule has 34 heteroatoms. The molecule has 2 fully saturated rings. The van der Waals surface area contributed by atoms with Gasteiger partial charge in [-0.05, 0) is 99.9 Å². The number of rotatable bonds is 14. The summed E-state index contributed by atoms with van der Waals surface area (Å²) in [6.45, 7) is 14.4. The molecule has 19 nitrogen and oxygen atoms in total. The number of hydrogen-bond acceptors (Lipinski definition) is 16. The predicted molar refractivity (Wildman–Crippen MR) is 333 cm³/mol. The number of ether oxygens (including phenoxy) is 7. The summed E-state index contributed by atoms with van der Waals surface area (Å²) < 4.78 is 208. The van der Waals surface area contributed by atoms with Crippen LogP contribution >= 0.6 is 11.6 Å². The molecule has 2 atom stereocenters. The van der Waals surface area contributed by atoms with Crippen LogP contribution in [0.1, 0.15) is 72.8 Å². The van der Waals surface area contributed by atoms with Gasteiger partial charge in [0.2, 0.25) is 52.9 Å². The van der Waals surface area contributed by atoms with Crippen LogP contribution in [0.25, 0.3) is 21.5 Å². The van der Waals surface area contributed by atoms with Crippen molar-refractivity contribution in [1.29, 1.82) is 0 Å². The van der Waals surface area contributed by atoms with Crippen molar-refractivity contribution in [1.82, 2.24) is 24.7 Å². The first-order chi connectivity index (χ1) is 46.4. The summed E-state index contributed by atoms with van der Waals surface area (Å²) in [7, 11) is 1.41. The van der Waals surface area contributed by atoms with Crippen molar-refractivity contribution in [3.63, 3.8) is 0 Å². The van der Waals surface area contributed by atoms with Gasteiger partial charge in [0.15, 0.2) is 0 Å². The largest absolute Gasteiger partial charge is 0.514 e. The van der Waals surface area contributed by atoms with E-state index in [2.05, 4.69) is 62.7 Å². The predicted octanol–water partition coefficient (Wildman–Crippen LogP) is 14.7. The van der Waals surface area contributed by atoms with Crippen LogP contribution in [0.2, 0.25) is 5.15 Å². The van der Waals surface area contributed by atoms with Gasteiger partial charge in [-0.15, -0.1) is 12.8 Å². The normalized spacial score (nSPS) is 14.0. The molecule has 548 valence electrons. The number of methoxy groups -OCH3 is 1. The van der Waals surface area contributed by atoms with E-state index in [0.29, 0.717) is 61.1 Å². The minimum atomic E-state index is -5.20. The van der Waals surface area contributed by atoms with E-state index in [4.69, 9.17) is 45.6 Å². The molecule has 0 bridgehead atoms. The van der Waals surface area contributed by atoms with Crippen LogP contribution in [0.4, 0.5) is 75.8 Å². The van der Waals surface area contributed by atoms with Crippen LogP contribution in [-0.2, 0) is 30.3 Å². The van der Waals surface area contributed by atoms with Gasteiger partial charge in [0.1, 0.15) is 22.6 Å². The van der Waals surface area contributed by atoms with E-state index in [9.17, 15) is 81.0 Å². The minimum absolute atomic E-state index is 0.199. The van der Waals surface area contributed by atoms with Crippen LogP contribution in [0.5, 0.6) is 17.4 Å². The molecular weight excluding hydrogens is 1380 g/mol. The van der Waals surface area contributed by atoms with Crippen molar-refractivity contribution in [2.24, 2.45) is 0 Å². The number of aliphatic hydroxyl groups is 2. The topological polar surface area (TPSA) is 229 Å². The summed E-state index contributed by atoms with van der Waals surface area (Å²) in [4.78, 5) is 57.3. The van der Waals surface area contributed by atoms with E-state index in [0.717, 1.165) is 21.5 Å². The van der Waals surface area contributed by atoms with Gasteiger partial charge in [0, 0.05) is 62.2 Å². The lowest BCUT2D eigenvalue weighted by Crippen LogP contribution is -2.46. The van der Waals surface area contributed by atoms with Crippen molar-refractivity contribution in [2.45, 2.75) is 122 Å². The number of aliphatic carboxylic acids is 1. The average molecular weight is 1450 g/mol. The summed E-state index contributed by atoms with van der Waals surface area (Å²) in [5.41, 5.74) is -0.00152. The molecule has 2 aromatic heterocycles. The summed E-state index contributed by atoms with van der Waals surface area (Å²) >= 11 is 5.85. The van der Waals surface area contributed by atoms with E-state index in [1.54, 1.807) is 17.3 Å². The Labute approximate surface area is 565 Å². The molecule has 0 saturated carbocycles. The number of halogens is 15. The zero-order valence-electron chi connectivity index (χ0n) is 54.3. The zero-order valence-corrected chi connectivity index (χ0v) is 55.1. The Balaban J connectivity index is 0.000000438. The molecule has 3 N–H and O–H groups in total. The van der Waals surface area contributed by atoms with E-state index >= 15 is 0 Å². The molecule has 4 aromatic carbocycles. The van der Waals surface area contributed by atoms with Crippen molar-refractivity contribution in [3.05, 3.63) is 137 Å². The zero-order chi connectivity index (χ0) is 75.0. The highest BCUT2D eigenvalue weighted by Gasteiger charge is 2.45. The number of carboxylic acids is 1. The summed E-state index contributed by atoms with van der Waals surface area (Å²) in [5.74, 6) is -16.5. The highest BCUT2D eigenvalue weighted by atomic mass is 35.5. The Morgan fingerprint density at radius 2 is 1.10 bits per heavy atom.